The Morgan fingerprint density at radius 3 is 2.65 bits per heavy atom. The van der Waals surface area contributed by atoms with Crippen molar-refractivity contribution in [3.8, 4) is 5.75 Å². The molecule has 0 aromatic heterocycles. The van der Waals surface area contributed by atoms with Gasteiger partial charge in [-0.25, -0.2) is 4.99 Å². The maximum Gasteiger partial charge on any atom is 0.303 e. The Morgan fingerprint density at radius 2 is 1.97 bits per heavy atom. The molecule has 0 saturated heterocycles. The molecule has 2 aromatic rings. The molecule has 0 spiro atoms. The number of benzene rings is 2. The second kappa shape index (κ2) is 11.0. The van der Waals surface area contributed by atoms with Crippen LogP contribution in [0.4, 0.5) is 0 Å². The van der Waals surface area contributed by atoms with Crippen molar-refractivity contribution in [2.24, 2.45) is 4.99 Å². The maximum atomic E-state index is 11.0. The van der Waals surface area contributed by atoms with Gasteiger partial charge >= 0.3 is 5.97 Å². The Hall–Kier alpha value is -2.82. The van der Waals surface area contributed by atoms with Crippen LogP contribution < -0.4 is 4.74 Å². The predicted molar refractivity (Wildman–Crippen MR) is 123 cm³/mol. The molecule has 0 radical (unpaired) electrons. The number of aliphatic carboxylic acids is 1. The molecule has 0 fully saturated rings. The summed E-state index contributed by atoms with van der Waals surface area (Å²) in [5, 5.41) is 9.07. The maximum absolute atomic E-state index is 11.0. The molecule has 2 aromatic carbocycles. The first kappa shape index (κ1) is 22.9. The molecule has 0 bridgehead atoms. The van der Waals surface area contributed by atoms with E-state index >= 15 is 0 Å². The highest BCUT2D eigenvalue weighted by Gasteiger charge is 2.24. The van der Waals surface area contributed by atoms with Crippen LogP contribution in [-0.4, -0.2) is 36.2 Å². The van der Waals surface area contributed by atoms with Crippen molar-refractivity contribution in [3.05, 3.63) is 64.7 Å². The first-order valence-corrected chi connectivity index (χ1v) is 11.3. The number of rotatable bonds is 10. The third-order valence-corrected chi connectivity index (χ3v) is 5.77. The lowest BCUT2D eigenvalue weighted by Crippen LogP contribution is -2.13. The summed E-state index contributed by atoms with van der Waals surface area (Å²) in [6, 6.07) is 14.5. The largest absolute Gasteiger partial charge is 0.494 e. The average molecular weight is 424 g/mol. The van der Waals surface area contributed by atoms with Crippen LogP contribution in [0.1, 0.15) is 68.2 Å². The van der Waals surface area contributed by atoms with E-state index in [2.05, 4.69) is 44.2 Å². The van der Waals surface area contributed by atoms with Crippen LogP contribution in [0.25, 0.3) is 0 Å². The lowest BCUT2D eigenvalue weighted by atomic mass is 9.98. The molecule has 3 rings (SSSR count). The monoisotopic (exact) mass is 423 g/mol. The van der Waals surface area contributed by atoms with Gasteiger partial charge < -0.3 is 14.6 Å². The third kappa shape index (κ3) is 6.33. The Labute approximate surface area is 185 Å². The molecule has 0 heterocycles. The second-order valence-electron chi connectivity index (χ2n) is 8.10. The highest BCUT2D eigenvalue weighted by Crippen LogP contribution is 2.37. The van der Waals surface area contributed by atoms with E-state index in [4.69, 9.17) is 19.6 Å². The van der Waals surface area contributed by atoms with Crippen LogP contribution in [0.3, 0.4) is 0 Å². The fourth-order valence-electron chi connectivity index (χ4n) is 4.02. The minimum absolute atomic E-state index is 0.0711. The fourth-order valence-corrected chi connectivity index (χ4v) is 4.02. The molecule has 166 valence electrons. The van der Waals surface area contributed by atoms with Crippen molar-refractivity contribution in [2.75, 3.05) is 13.2 Å². The first-order chi connectivity index (χ1) is 15.0. The van der Waals surface area contributed by atoms with Gasteiger partial charge in [-0.1, -0.05) is 25.1 Å². The summed E-state index contributed by atoms with van der Waals surface area (Å²) in [5.74, 6) is 0.908. The van der Waals surface area contributed by atoms with Crippen LogP contribution in [-0.2, 0) is 22.4 Å². The zero-order valence-corrected chi connectivity index (χ0v) is 18.8. The van der Waals surface area contributed by atoms with Crippen LogP contribution >= 0.6 is 0 Å². The highest BCUT2D eigenvalue weighted by molar-refractivity contribution is 5.94. The van der Waals surface area contributed by atoms with Gasteiger partial charge in [0.25, 0.3) is 0 Å². The zero-order valence-electron chi connectivity index (χ0n) is 18.8. The molecule has 31 heavy (non-hydrogen) atoms. The summed E-state index contributed by atoms with van der Waals surface area (Å²) in [7, 11) is 0. The minimum Gasteiger partial charge on any atom is -0.494 e. The SMILES string of the molecule is CCOC(=NC(C)CCOc1ccc2c(c1)CC[C@H]2CC(=O)O)c1ccc(CC)cc1. The number of aryl methyl sites for hydroxylation is 2. The molecule has 1 aliphatic carbocycles. The number of fused-ring (bicyclic) bond motifs is 1. The lowest BCUT2D eigenvalue weighted by molar-refractivity contribution is -0.137. The zero-order chi connectivity index (χ0) is 22.2. The molecule has 1 unspecified atom stereocenters. The van der Waals surface area contributed by atoms with Crippen molar-refractivity contribution >= 4 is 11.9 Å². The number of carboxylic acids is 1. The summed E-state index contributed by atoms with van der Waals surface area (Å²) in [6.45, 7) is 7.33. The van der Waals surface area contributed by atoms with E-state index in [0.29, 0.717) is 19.1 Å². The molecule has 5 heteroatoms. The molecule has 0 aliphatic heterocycles. The fraction of sp³-hybridized carbons (Fsp3) is 0.462. The van der Waals surface area contributed by atoms with Crippen LogP contribution in [0.15, 0.2) is 47.5 Å². The summed E-state index contributed by atoms with van der Waals surface area (Å²) in [6.07, 6.45) is 3.81. The third-order valence-electron chi connectivity index (χ3n) is 5.77. The van der Waals surface area contributed by atoms with E-state index in [-0.39, 0.29) is 18.4 Å². The molecule has 0 amide bonds. The minimum atomic E-state index is -0.736. The Balaban J connectivity index is 1.56. The molecular weight excluding hydrogens is 390 g/mol. The van der Waals surface area contributed by atoms with E-state index in [1.54, 1.807) is 0 Å². The van der Waals surface area contributed by atoms with E-state index < -0.39 is 5.97 Å². The summed E-state index contributed by atoms with van der Waals surface area (Å²) < 4.78 is 11.8. The number of carboxylic acid groups (broad SMARTS) is 1. The van der Waals surface area contributed by atoms with Crippen molar-refractivity contribution in [1.82, 2.24) is 0 Å². The number of carbonyl (C=O) groups is 1. The van der Waals surface area contributed by atoms with Gasteiger partial charge in [-0.05, 0) is 80.0 Å². The Bertz CT molecular complexity index is 904. The molecule has 0 saturated carbocycles. The Kier molecular flexibility index (Phi) is 8.10. The van der Waals surface area contributed by atoms with Gasteiger partial charge in [0.1, 0.15) is 5.75 Å². The number of hydrogen-bond donors (Lipinski definition) is 1. The van der Waals surface area contributed by atoms with Gasteiger partial charge in [0.05, 0.1) is 25.7 Å². The molecule has 2 atom stereocenters. The van der Waals surface area contributed by atoms with Crippen LogP contribution in [0, 0.1) is 0 Å². The van der Waals surface area contributed by atoms with E-state index in [1.165, 1.54) is 11.1 Å². The average Bonchev–Trinajstić information content (AvgIpc) is 3.15. The van der Waals surface area contributed by atoms with Gasteiger partial charge in [0.2, 0.25) is 5.90 Å². The molecule has 1 aliphatic rings. The van der Waals surface area contributed by atoms with Gasteiger partial charge in [-0.3, -0.25) is 4.79 Å². The molecule has 1 N–H and O–H groups in total. The van der Waals surface area contributed by atoms with Gasteiger partial charge in [-0.15, -0.1) is 0 Å². The van der Waals surface area contributed by atoms with Crippen molar-refractivity contribution in [2.45, 2.75) is 64.8 Å². The summed E-state index contributed by atoms with van der Waals surface area (Å²) in [5.41, 5.74) is 4.66. The quantitative estimate of drug-likeness (QED) is 0.411. The van der Waals surface area contributed by atoms with Gasteiger partial charge in [-0.2, -0.15) is 0 Å². The topological polar surface area (TPSA) is 68.1 Å². The standard InChI is InChI=1S/C26H33NO4/c1-4-19-6-8-20(9-7-19)26(30-5-2)27-18(3)14-15-31-23-12-13-24-21(16-23)10-11-22(24)17-25(28)29/h6-9,12-13,16,18,22H,4-5,10-11,14-15,17H2,1-3H3,(H,28,29)/t18?,22-/m0/s1. The van der Waals surface area contributed by atoms with Gasteiger partial charge in [0, 0.05) is 12.0 Å². The normalized spacial score (nSPS) is 16.6. The first-order valence-electron chi connectivity index (χ1n) is 11.3. The van der Waals surface area contributed by atoms with Crippen molar-refractivity contribution in [1.29, 1.82) is 0 Å². The number of aliphatic imine (C=N–C) groups is 1. The predicted octanol–water partition coefficient (Wildman–Crippen LogP) is 5.39. The van der Waals surface area contributed by atoms with Crippen LogP contribution in [0.5, 0.6) is 5.75 Å². The summed E-state index contributed by atoms with van der Waals surface area (Å²) in [4.78, 5) is 15.8. The van der Waals surface area contributed by atoms with Crippen molar-refractivity contribution in [3.63, 3.8) is 0 Å². The van der Waals surface area contributed by atoms with Crippen LogP contribution in [0.2, 0.25) is 0 Å². The molecular formula is C26H33NO4. The molecule has 5 nitrogen and oxygen atoms in total. The number of nitrogens with zero attached hydrogens (tertiary/aromatic N) is 1. The number of ether oxygens (including phenoxy) is 2. The highest BCUT2D eigenvalue weighted by atomic mass is 16.5. The number of hydrogen-bond acceptors (Lipinski definition) is 4. The second-order valence-corrected chi connectivity index (χ2v) is 8.10. The lowest BCUT2D eigenvalue weighted by Gasteiger charge is -2.14. The smallest absolute Gasteiger partial charge is 0.303 e. The van der Waals surface area contributed by atoms with E-state index in [1.807, 2.05) is 19.1 Å². The van der Waals surface area contributed by atoms with E-state index in [9.17, 15) is 4.79 Å². The van der Waals surface area contributed by atoms with Crippen molar-refractivity contribution < 1.29 is 19.4 Å². The van der Waals surface area contributed by atoms with E-state index in [0.717, 1.165) is 42.6 Å². The Morgan fingerprint density at radius 1 is 1.19 bits per heavy atom. The summed E-state index contributed by atoms with van der Waals surface area (Å²) >= 11 is 0. The van der Waals surface area contributed by atoms with Gasteiger partial charge in [0.15, 0.2) is 0 Å².